The number of aromatic nitrogens is 1. The molecule has 132 valence electrons. The number of pyridine rings is 1. The molecule has 0 bridgehead atoms. The Hall–Kier alpha value is -2.56. The van der Waals surface area contributed by atoms with Gasteiger partial charge in [-0.1, -0.05) is 59.1 Å². The van der Waals surface area contributed by atoms with E-state index in [9.17, 15) is 4.79 Å². The summed E-state index contributed by atoms with van der Waals surface area (Å²) in [5.41, 5.74) is 4.01. The summed E-state index contributed by atoms with van der Waals surface area (Å²) in [6.07, 6.45) is 3.19. The second-order valence-electron chi connectivity index (χ2n) is 5.86. The number of aryl methyl sites for hydroxylation is 1. The highest BCUT2D eigenvalue weighted by Crippen LogP contribution is 2.29. The predicted octanol–water partition coefficient (Wildman–Crippen LogP) is 5.56. The van der Waals surface area contributed by atoms with Crippen LogP contribution in [0.15, 0.2) is 60.9 Å². The highest BCUT2D eigenvalue weighted by atomic mass is 35.5. The molecule has 4 nitrogen and oxygen atoms in total. The Labute approximate surface area is 162 Å². The van der Waals surface area contributed by atoms with Gasteiger partial charge < -0.3 is 10.6 Å². The van der Waals surface area contributed by atoms with Gasteiger partial charge in [0.25, 0.3) is 5.91 Å². The van der Waals surface area contributed by atoms with Gasteiger partial charge in [-0.2, -0.15) is 0 Å². The van der Waals surface area contributed by atoms with Crippen LogP contribution >= 0.6 is 23.2 Å². The lowest BCUT2D eigenvalue weighted by molar-refractivity contribution is 0.102. The van der Waals surface area contributed by atoms with Gasteiger partial charge in [0.05, 0.1) is 27.0 Å². The average molecular weight is 386 g/mol. The standard InChI is InChI=1S/C20H17Cl2N3O/c1-13-4-2-5-14(8-13)10-24-16-9-15(11-23-12-16)20(26)25-18-7-3-6-17(21)19(18)22/h2-9,11-12,24H,10H2,1H3,(H,25,26). The summed E-state index contributed by atoms with van der Waals surface area (Å²) in [4.78, 5) is 16.6. The van der Waals surface area contributed by atoms with Crippen LogP contribution < -0.4 is 10.6 Å². The Bertz CT molecular complexity index is 944. The third-order valence-corrected chi connectivity index (χ3v) is 4.60. The van der Waals surface area contributed by atoms with Crippen molar-refractivity contribution in [1.29, 1.82) is 0 Å². The monoisotopic (exact) mass is 385 g/mol. The molecule has 0 aliphatic carbocycles. The van der Waals surface area contributed by atoms with Gasteiger partial charge in [-0.25, -0.2) is 0 Å². The maximum Gasteiger partial charge on any atom is 0.257 e. The van der Waals surface area contributed by atoms with Crippen LogP contribution in [0, 0.1) is 6.92 Å². The molecule has 1 amide bonds. The van der Waals surface area contributed by atoms with Crippen LogP contribution in [-0.2, 0) is 6.54 Å². The van der Waals surface area contributed by atoms with Crippen LogP contribution in [0.25, 0.3) is 0 Å². The smallest absolute Gasteiger partial charge is 0.257 e. The summed E-state index contributed by atoms with van der Waals surface area (Å²) in [5.74, 6) is -0.305. The molecule has 0 spiro atoms. The normalized spacial score (nSPS) is 10.4. The minimum absolute atomic E-state index is 0.305. The number of anilines is 2. The molecule has 26 heavy (non-hydrogen) atoms. The molecule has 1 heterocycles. The number of halogens is 2. The summed E-state index contributed by atoms with van der Waals surface area (Å²) in [6.45, 7) is 2.70. The number of hydrogen-bond acceptors (Lipinski definition) is 3. The van der Waals surface area contributed by atoms with Gasteiger partial charge in [0.1, 0.15) is 0 Å². The van der Waals surface area contributed by atoms with Gasteiger partial charge in [-0.15, -0.1) is 0 Å². The van der Waals surface area contributed by atoms with Crippen molar-refractivity contribution in [3.05, 3.63) is 87.7 Å². The van der Waals surface area contributed by atoms with E-state index in [1.54, 1.807) is 30.5 Å². The van der Waals surface area contributed by atoms with Gasteiger partial charge in [0, 0.05) is 18.9 Å². The fraction of sp³-hybridized carbons (Fsp3) is 0.100. The van der Waals surface area contributed by atoms with Crippen LogP contribution in [0.1, 0.15) is 21.5 Å². The first kappa shape index (κ1) is 18.2. The number of carbonyl (C=O) groups is 1. The van der Waals surface area contributed by atoms with E-state index in [0.29, 0.717) is 27.8 Å². The highest BCUT2D eigenvalue weighted by molar-refractivity contribution is 6.44. The van der Waals surface area contributed by atoms with E-state index in [1.807, 2.05) is 12.1 Å². The van der Waals surface area contributed by atoms with Crippen LogP contribution in [-0.4, -0.2) is 10.9 Å². The van der Waals surface area contributed by atoms with Crippen LogP contribution in [0.2, 0.25) is 10.0 Å². The van der Waals surface area contributed by atoms with Gasteiger partial charge in [0.15, 0.2) is 0 Å². The molecule has 0 aliphatic heterocycles. The second kappa shape index (κ2) is 8.21. The van der Waals surface area contributed by atoms with E-state index in [4.69, 9.17) is 23.2 Å². The molecule has 1 aromatic heterocycles. The predicted molar refractivity (Wildman–Crippen MR) is 107 cm³/mol. The number of nitrogens with zero attached hydrogens (tertiary/aromatic N) is 1. The molecule has 0 aliphatic rings. The summed E-state index contributed by atoms with van der Waals surface area (Å²) in [7, 11) is 0. The van der Waals surface area contributed by atoms with Crippen molar-refractivity contribution in [2.45, 2.75) is 13.5 Å². The average Bonchev–Trinajstić information content (AvgIpc) is 2.64. The number of carbonyl (C=O) groups excluding carboxylic acids is 1. The van der Waals surface area contributed by atoms with Gasteiger partial charge >= 0.3 is 0 Å². The van der Waals surface area contributed by atoms with E-state index < -0.39 is 0 Å². The first-order chi connectivity index (χ1) is 12.5. The topological polar surface area (TPSA) is 54.0 Å². The number of rotatable bonds is 5. The lowest BCUT2D eigenvalue weighted by Gasteiger charge is -2.10. The van der Waals surface area contributed by atoms with E-state index in [0.717, 1.165) is 11.3 Å². The first-order valence-corrected chi connectivity index (χ1v) is 8.78. The number of amides is 1. The Balaban J connectivity index is 1.70. The van der Waals surface area contributed by atoms with Crippen molar-refractivity contribution in [1.82, 2.24) is 4.98 Å². The van der Waals surface area contributed by atoms with Crippen molar-refractivity contribution < 1.29 is 4.79 Å². The molecule has 0 unspecified atom stereocenters. The Morgan fingerprint density at radius 2 is 1.88 bits per heavy atom. The van der Waals surface area contributed by atoms with Crippen molar-refractivity contribution in [2.24, 2.45) is 0 Å². The summed E-state index contributed by atoms with van der Waals surface area (Å²) >= 11 is 12.1. The zero-order chi connectivity index (χ0) is 18.5. The molecule has 0 saturated heterocycles. The minimum atomic E-state index is -0.305. The SMILES string of the molecule is Cc1cccc(CNc2cncc(C(=O)Nc3cccc(Cl)c3Cl)c2)c1. The maximum absolute atomic E-state index is 12.5. The molecule has 0 fully saturated rings. The zero-order valence-electron chi connectivity index (χ0n) is 14.1. The third-order valence-electron chi connectivity index (χ3n) is 3.78. The number of hydrogen-bond donors (Lipinski definition) is 2. The molecular formula is C20H17Cl2N3O. The molecule has 0 radical (unpaired) electrons. The highest BCUT2D eigenvalue weighted by Gasteiger charge is 2.11. The van der Waals surface area contributed by atoms with Gasteiger partial charge in [0.2, 0.25) is 0 Å². The summed E-state index contributed by atoms with van der Waals surface area (Å²) in [5, 5.41) is 6.73. The Morgan fingerprint density at radius 1 is 1.08 bits per heavy atom. The van der Waals surface area contributed by atoms with Crippen LogP contribution in [0.3, 0.4) is 0 Å². The fourth-order valence-corrected chi connectivity index (χ4v) is 2.83. The molecule has 3 aromatic rings. The van der Waals surface area contributed by atoms with Gasteiger partial charge in [-0.3, -0.25) is 9.78 Å². The quantitative estimate of drug-likeness (QED) is 0.604. The molecule has 3 rings (SSSR count). The summed E-state index contributed by atoms with van der Waals surface area (Å²) < 4.78 is 0. The van der Waals surface area contributed by atoms with Crippen LogP contribution in [0.5, 0.6) is 0 Å². The lowest BCUT2D eigenvalue weighted by Crippen LogP contribution is -2.13. The van der Waals surface area contributed by atoms with E-state index >= 15 is 0 Å². The molecule has 0 saturated carbocycles. The van der Waals surface area contributed by atoms with Crippen molar-refractivity contribution in [3.8, 4) is 0 Å². The zero-order valence-corrected chi connectivity index (χ0v) is 15.6. The van der Waals surface area contributed by atoms with Crippen LogP contribution in [0.4, 0.5) is 11.4 Å². The second-order valence-corrected chi connectivity index (χ2v) is 6.65. The van der Waals surface area contributed by atoms with Gasteiger partial charge in [-0.05, 0) is 30.7 Å². The maximum atomic E-state index is 12.5. The number of nitrogens with one attached hydrogen (secondary N) is 2. The molecule has 2 aromatic carbocycles. The lowest BCUT2D eigenvalue weighted by atomic mass is 10.1. The van der Waals surface area contributed by atoms with E-state index in [-0.39, 0.29) is 5.91 Å². The first-order valence-electron chi connectivity index (χ1n) is 8.03. The fourth-order valence-electron chi connectivity index (χ4n) is 2.48. The molecular weight excluding hydrogens is 369 g/mol. The van der Waals surface area contributed by atoms with Crippen molar-refractivity contribution >= 4 is 40.5 Å². The third kappa shape index (κ3) is 4.54. The van der Waals surface area contributed by atoms with E-state index in [2.05, 4.69) is 34.7 Å². The minimum Gasteiger partial charge on any atom is -0.380 e. The van der Waals surface area contributed by atoms with Crippen molar-refractivity contribution in [2.75, 3.05) is 10.6 Å². The number of benzene rings is 2. The Morgan fingerprint density at radius 3 is 2.69 bits per heavy atom. The van der Waals surface area contributed by atoms with Crippen molar-refractivity contribution in [3.63, 3.8) is 0 Å². The largest absolute Gasteiger partial charge is 0.380 e. The van der Waals surface area contributed by atoms with E-state index in [1.165, 1.54) is 11.8 Å². The molecule has 2 N–H and O–H groups in total. The Kier molecular flexibility index (Phi) is 5.76. The molecule has 0 atom stereocenters. The summed E-state index contributed by atoms with van der Waals surface area (Å²) in [6, 6.07) is 15.1. The molecule has 6 heteroatoms.